The third kappa shape index (κ3) is 3.28. The molecule has 5 nitrogen and oxygen atoms in total. The molecule has 1 aliphatic carbocycles. The van der Waals surface area contributed by atoms with E-state index in [2.05, 4.69) is 4.98 Å². The molecule has 0 aromatic carbocycles. The maximum absolute atomic E-state index is 12.3. The number of nitrogens with zero attached hydrogens (tertiary/aromatic N) is 1. The Morgan fingerprint density at radius 3 is 2.81 bits per heavy atom. The highest BCUT2D eigenvalue weighted by Gasteiger charge is 2.31. The summed E-state index contributed by atoms with van der Waals surface area (Å²) in [5.41, 5.74) is 0.282. The highest BCUT2D eigenvalue weighted by Crippen LogP contribution is 2.32. The molecular formula is C16H23NO4. The van der Waals surface area contributed by atoms with Crippen LogP contribution in [0.1, 0.15) is 74.2 Å². The zero-order valence-corrected chi connectivity index (χ0v) is 12.5. The Labute approximate surface area is 125 Å². The van der Waals surface area contributed by atoms with Crippen molar-refractivity contribution >= 4 is 5.97 Å². The van der Waals surface area contributed by atoms with Crippen LogP contribution in [0.3, 0.4) is 0 Å². The summed E-state index contributed by atoms with van der Waals surface area (Å²) in [5.74, 6) is 0.612. The first kappa shape index (κ1) is 14.6. The molecule has 1 aromatic heterocycles. The molecular weight excluding hydrogens is 270 g/mol. The van der Waals surface area contributed by atoms with Crippen LogP contribution in [0.25, 0.3) is 0 Å². The second-order valence-corrected chi connectivity index (χ2v) is 6.08. The molecule has 2 aliphatic rings. The van der Waals surface area contributed by atoms with Crippen LogP contribution in [0.2, 0.25) is 0 Å². The minimum Gasteiger partial charge on any atom is -0.458 e. The van der Waals surface area contributed by atoms with Gasteiger partial charge >= 0.3 is 5.97 Å². The first-order valence-corrected chi connectivity index (χ1v) is 8.01. The van der Waals surface area contributed by atoms with E-state index in [0.29, 0.717) is 18.3 Å². The molecule has 2 atom stereocenters. The number of carbonyl (C=O) groups excluding carboxylic acids is 1. The molecule has 5 heteroatoms. The number of hydrogen-bond acceptors (Lipinski definition) is 5. The molecule has 1 aliphatic heterocycles. The molecule has 0 unspecified atom stereocenters. The summed E-state index contributed by atoms with van der Waals surface area (Å²) in [5, 5.41) is 0. The van der Waals surface area contributed by atoms with E-state index >= 15 is 0 Å². The Bertz CT molecular complexity index is 472. The predicted octanol–water partition coefficient (Wildman–Crippen LogP) is 3.65. The van der Waals surface area contributed by atoms with E-state index in [0.717, 1.165) is 25.7 Å². The van der Waals surface area contributed by atoms with Crippen molar-refractivity contribution in [3.8, 4) is 0 Å². The van der Waals surface area contributed by atoms with Crippen molar-refractivity contribution in [1.82, 2.24) is 4.98 Å². The second kappa shape index (κ2) is 6.60. The number of rotatable bonds is 4. The van der Waals surface area contributed by atoms with E-state index in [4.69, 9.17) is 13.9 Å². The van der Waals surface area contributed by atoms with Gasteiger partial charge in [-0.3, -0.25) is 0 Å². The van der Waals surface area contributed by atoms with E-state index < -0.39 is 0 Å². The molecule has 1 saturated heterocycles. The van der Waals surface area contributed by atoms with Crippen LogP contribution < -0.4 is 0 Å². The van der Waals surface area contributed by atoms with Crippen LogP contribution in [-0.2, 0) is 9.47 Å². The van der Waals surface area contributed by atoms with E-state index in [9.17, 15) is 4.79 Å². The Morgan fingerprint density at radius 2 is 2.10 bits per heavy atom. The lowest BCUT2D eigenvalue weighted by molar-refractivity contribution is 0.0124. The zero-order chi connectivity index (χ0) is 14.7. The van der Waals surface area contributed by atoms with Crippen molar-refractivity contribution < 1.29 is 18.7 Å². The molecule has 21 heavy (non-hydrogen) atoms. The van der Waals surface area contributed by atoms with Crippen molar-refractivity contribution in [2.45, 2.75) is 64.1 Å². The maximum Gasteiger partial charge on any atom is 0.360 e. The number of ether oxygens (including phenoxy) is 2. The van der Waals surface area contributed by atoms with Gasteiger partial charge < -0.3 is 13.9 Å². The Hall–Kier alpha value is -1.36. The number of aromatic nitrogens is 1. The maximum atomic E-state index is 12.3. The molecule has 0 spiro atoms. The van der Waals surface area contributed by atoms with Crippen LogP contribution in [-0.4, -0.2) is 23.7 Å². The smallest absolute Gasteiger partial charge is 0.360 e. The standard InChI is InChI=1S/C16H23NO4/c1-11(12-6-3-2-4-7-12)21-16(18)14-15(20-10-17-14)13-8-5-9-19-13/h10-13H,2-9H2,1H3/t11-,13-/m1/s1. The van der Waals surface area contributed by atoms with Crippen LogP contribution in [0, 0.1) is 5.92 Å². The van der Waals surface area contributed by atoms with Crippen molar-refractivity contribution in [2.24, 2.45) is 5.92 Å². The monoisotopic (exact) mass is 293 g/mol. The van der Waals surface area contributed by atoms with Crippen LogP contribution in [0.5, 0.6) is 0 Å². The van der Waals surface area contributed by atoms with Gasteiger partial charge in [0.2, 0.25) is 0 Å². The first-order chi connectivity index (χ1) is 10.3. The summed E-state index contributed by atoms with van der Waals surface area (Å²) in [7, 11) is 0. The van der Waals surface area contributed by atoms with E-state index in [1.807, 2.05) is 6.92 Å². The van der Waals surface area contributed by atoms with Gasteiger partial charge in [-0.25, -0.2) is 9.78 Å². The normalized spacial score (nSPS) is 24.9. The second-order valence-electron chi connectivity index (χ2n) is 6.08. The molecule has 0 amide bonds. The third-order valence-electron chi connectivity index (χ3n) is 4.62. The van der Waals surface area contributed by atoms with Crippen molar-refractivity contribution in [2.75, 3.05) is 6.61 Å². The predicted molar refractivity (Wildman–Crippen MR) is 75.9 cm³/mol. The van der Waals surface area contributed by atoms with E-state index in [1.165, 1.54) is 25.7 Å². The lowest BCUT2D eigenvalue weighted by atomic mass is 9.86. The van der Waals surface area contributed by atoms with Gasteiger partial charge in [-0.15, -0.1) is 0 Å². The fourth-order valence-electron chi connectivity index (χ4n) is 3.35. The molecule has 3 rings (SSSR count). The average Bonchev–Trinajstić information content (AvgIpc) is 3.18. The van der Waals surface area contributed by atoms with Gasteiger partial charge in [0.25, 0.3) is 0 Å². The van der Waals surface area contributed by atoms with Gasteiger partial charge in [0.15, 0.2) is 17.8 Å². The largest absolute Gasteiger partial charge is 0.458 e. The van der Waals surface area contributed by atoms with E-state index in [-0.39, 0.29) is 23.9 Å². The number of oxazole rings is 1. The Balaban J connectivity index is 1.63. The quantitative estimate of drug-likeness (QED) is 0.793. The van der Waals surface area contributed by atoms with Crippen molar-refractivity contribution in [3.63, 3.8) is 0 Å². The zero-order valence-electron chi connectivity index (χ0n) is 12.5. The fraction of sp³-hybridized carbons (Fsp3) is 0.750. The number of esters is 1. The summed E-state index contributed by atoms with van der Waals surface area (Å²) in [6, 6.07) is 0. The van der Waals surface area contributed by atoms with Gasteiger partial charge in [0.1, 0.15) is 12.2 Å². The summed E-state index contributed by atoms with van der Waals surface area (Å²) < 4.78 is 16.5. The minimum atomic E-state index is -0.382. The van der Waals surface area contributed by atoms with Crippen molar-refractivity contribution in [1.29, 1.82) is 0 Å². The molecule has 0 bridgehead atoms. The van der Waals surface area contributed by atoms with Gasteiger partial charge in [-0.05, 0) is 38.5 Å². The van der Waals surface area contributed by atoms with Crippen LogP contribution in [0.15, 0.2) is 10.8 Å². The molecule has 1 saturated carbocycles. The summed E-state index contributed by atoms with van der Waals surface area (Å²) in [4.78, 5) is 16.4. The van der Waals surface area contributed by atoms with Crippen molar-refractivity contribution in [3.05, 3.63) is 17.8 Å². The SMILES string of the molecule is C[C@@H](OC(=O)c1ncoc1[C@H]1CCCO1)C1CCCCC1. The minimum absolute atomic E-state index is 0.0631. The summed E-state index contributed by atoms with van der Waals surface area (Å²) >= 11 is 0. The summed E-state index contributed by atoms with van der Waals surface area (Å²) in [6.07, 6.45) is 8.99. The molecule has 0 radical (unpaired) electrons. The average molecular weight is 293 g/mol. The number of hydrogen-bond donors (Lipinski definition) is 0. The van der Waals surface area contributed by atoms with Gasteiger partial charge in [-0.2, -0.15) is 0 Å². The topological polar surface area (TPSA) is 61.6 Å². The van der Waals surface area contributed by atoms with Gasteiger partial charge in [0.05, 0.1) is 0 Å². The number of carbonyl (C=O) groups is 1. The lowest BCUT2D eigenvalue weighted by Crippen LogP contribution is -2.26. The van der Waals surface area contributed by atoms with E-state index in [1.54, 1.807) is 0 Å². The highest BCUT2D eigenvalue weighted by molar-refractivity contribution is 5.88. The third-order valence-corrected chi connectivity index (χ3v) is 4.62. The highest BCUT2D eigenvalue weighted by atomic mass is 16.5. The lowest BCUT2D eigenvalue weighted by Gasteiger charge is -2.27. The van der Waals surface area contributed by atoms with Gasteiger partial charge in [-0.1, -0.05) is 19.3 Å². The van der Waals surface area contributed by atoms with Crippen LogP contribution >= 0.6 is 0 Å². The molecule has 2 heterocycles. The Morgan fingerprint density at radius 1 is 1.29 bits per heavy atom. The van der Waals surface area contributed by atoms with Gasteiger partial charge in [0, 0.05) is 6.61 Å². The Kier molecular flexibility index (Phi) is 4.58. The summed E-state index contributed by atoms with van der Waals surface area (Å²) in [6.45, 7) is 2.69. The molecule has 2 fully saturated rings. The fourth-order valence-corrected chi connectivity index (χ4v) is 3.35. The molecule has 116 valence electrons. The molecule has 0 N–H and O–H groups in total. The molecule has 1 aromatic rings. The van der Waals surface area contributed by atoms with Crippen LogP contribution in [0.4, 0.5) is 0 Å². The first-order valence-electron chi connectivity index (χ1n) is 8.01.